The predicted molar refractivity (Wildman–Crippen MR) is 150 cm³/mol. The van der Waals surface area contributed by atoms with Crippen LogP contribution in [0.1, 0.15) is 65.2 Å². The molecule has 1 atom stereocenters. The number of amides is 1. The van der Waals surface area contributed by atoms with Gasteiger partial charge in [-0.15, -0.1) is 0 Å². The van der Waals surface area contributed by atoms with Crippen molar-refractivity contribution in [3.05, 3.63) is 65.2 Å². The highest BCUT2D eigenvalue weighted by Gasteiger charge is 2.14. The lowest BCUT2D eigenvalue weighted by Crippen LogP contribution is -2.36. The first-order valence-electron chi connectivity index (χ1n) is 13.0. The highest BCUT2D eigenvalue weighted by molar-refractivity contribution is 5.72. The molecule has 6 heteroatoms. The van der Waals surface area contributed by atoms with Crippen LogP contribution in [0.2, 0.25) is 0 Å². The van der Waals surface area contributed by atoms with E-state index >= 15 is 0 Å². The summed E-state index contributed by atoms with van der Waals surface area (Å²) in [5, 5.41) is 0. The summed E-state index contributed by atoms with van der Waals surface area (Å²) in [7, 11) is 0. The van der Waals surface area contributed by atoms with Gasteiger partial charge in [0.2, 0.25) is 0 Å². The van der Waals surface area contributed by atoms with Crippen LogP contribution in [0.4, 0.5) is 10.5 Å². The van der Waals surface area contributed by atoms with E-state index < -0.39 is 6.09 Å². The van der Waals surface area contributed by atoms with Crippen LogP contribution in [0.25, 0.3) is 0 Å². The quantitative estimate of drug-likeness (QED) is 0.485. The number of benzene rings is 2. The van der Waals surface area contributed by atoms with E-state index in [1.807, 2.05) is 44.2 Å². The average Bonchev–Trinajstić information content (AvgIpc) is 2.86. The normalized spacial score (nSPS) is 13.1. The number of primary amides is 1. The van der Waals surface area contributed by atoms with Crippen LogP contribution >= 0.6 is 0 Å². The molecule has 0 aliphatic carbocycles. The third kappa shape index (κ3) is 15.2. The molecular formula is C30H48N2O4. The van der Waals surface area contributed by atoms with Crippen molar-refractivity contribution in [3.63, 3.8) is 0 Å². The molecule has 2 aromatic rings. The Kier molecular flexibility index (Phi) is 17.8. The van der Waals surface area contributed by atoms with E-state index in [1.54, 1.807) is 0 Å². The molecule has 36 heavy (non-hydrogen) atoms. The van der Waals surface area contributed by atoms with Crippen LogP contribution in [0.15, 0.2) is 48.5 Å². The van der Waals surface area contributed by atoms with Gasteiger partial charge < -0.3 is 24.9 Å². The van der Waals surface area contributed by atoms with Gasteiger partial charge in [-0.25, -0.2) is 4.79 Å². The van der Waals surface area contributed by atoms with Crippen LogP contribution in [0.3, 0.4) is 0 Å². The van der Waals surface area contributed by atoms with Crippen molar-refractivity contribution >= 4 is 17.6 Å². The van der Waals surface area contributed by atoms with Crippen LogP contribution in [-0.2, 0) is 27.3 Å². The molecule has 0 aromatic heterocycles. The fourth-order valence-electron chi connectivity index (χ4n) is 3.21. The lowest BCUT2D eigenvalue weighted by Gasteiger charge is -2.29. The van der Waals surface area contributed by atoms with Gasteiger partial charge in [-0.1, -0.05) is 71.0 Å². The maximum absolute atomic E-state index is 10.2. The molecule has 1 aliphatic rings. The lowest BCUT2D eigenvalue weighted by atomic mass is 9.89. The third-order valence-electron chi connectivity index (χ3n) is 5.61. The zero-order valence-electron chi connectivity index (χ0n) is 23.7. The number of hydrogen-bond donors (Lipinski definition) is 1. The van der Waals surface area contributed by atoms with Crippen LogP contribution in [0.5, 0.6) is 0 Å². The Balaban J connectivity index is 0.000000609. The van der Waals surface area contributed by atoms with Gasteiger partial charge >= 0.3 is 6.09 Å². The monoisotopic (exact) mass is 500 g/mol. The molecule has 1 aliphatic heterocycles. The number of rotatable bonds is 6. The highest BCUT2D eigenvalue weighted by Crippen LogP contribution is 2.24. The summed E-state index contributed by atoms with van der Waals surface area (Å²) in [5.74, 6) is 1.64. The maximum Gasteiger partial charge on any atom is 0.404 e. The largest absolute Gasteiger partial charge is 0.445 e. The van der Waals surface area contributed by atoms with Gasteiger partial charge in [0.15, 0.2) is 0 Å². The van der Waals surface area contributed by atoms with Crippen molar-refractivity contribution in [2.45, 2.75) is 68.4 Å². The molecule has 1 fully saturated rings. The van der Waals surface area contributed by atoms with E-state index in [9.17, 15) is 9.59 Å². The number of ether oxygens (including phenoxy) is 2. The average molecular weight is 501 g/mol. The number of morpholine rings is 1. The number of Topliss-reactive ketones (excluding diaryl/α,β-unsaturated/α-hetero) is 1. The van der Waals surface area contributed by atoms with Gasteiger partial charge in [0, 0.05) is 18.8 Å². The first-order valence-corrected chi connectivity index (χ1v) is 13.0. The number of aryl methyl sites for hydroxylation is 1. The van der Waals surface area contributed by atoms with E-state index in [2.05, 4.69) is 55.5 Å². The fourth-order valence-corrected chi connectivity index (χ4v) is 3.21. The predicted octanol–water partition coefficient (Wildman–Crippen LogP) is 6.57. The van der Waals surface area contributed by atoms with Gasteiger partial charge in [-0.2, -0.15) is 0 Å². The number of nitrogens with two attached hydrogens (primary N) is 1. The Morgan fingerprint density at radius 1 is 1.00 bits per heavy atom. The summed E-state index contributed by atoms with van der Waals surface area (Å²) < 4.78 is 10.00. The van der Waals surface area contributed by atoms with Crippen LogP contribution in [-0.4, -0.2) is 38.2 Å². The van der Waals surface area contributed by atoms with Crippen LogP contribution in [0, 0.1) is 18.8 Å². The molecule has 0 bridgehead atoms. The first kappa shape index (κ1) is 33.1. The minimum atomic E-state index is -0.742. The number of nitrogens with zero attached hydrogens (tertiary/aromatic N) is 1. The molecule has 1 unspecified atom stereocenters. The summed E-state index contributed by atoms with van der Waals surface area (Å²) in [5.41, 5.74) is 10.0. The Morgan fingerprint density at radius 3 is 2.06 bits per heavy atom. The Morgan fingerprint density at radius 2 is 1.56 bits per heavy atom. The topological polar surface area (TPSA) is 81.9 Å². The number of ketones is 1. The van der Waals surface area contributed by atoms with E-state index in [-0.39, 0.29) is 12.4 Å². The zero-order valence-corrected chi connectivity index (χ0v) is 23.7. The van der Waals surface area contributed by atoms with Crippen molar-refractivity contribution in [2.75, 3.05) is 31.2 Å². The fraction of sp³-hybridized carbons (Fsp3) is 0.533. The van der Waals surface area contributed by atoms with Crippen LogP contribution < -0.4 is 10.6 Å². The van der Waals surface area contributed by atoms with E-state index in [0.717, 1.165) is 43.7 Å². The number of carbonyl (C=O) groups is 2. The SMILES string of the molecule is CC.CC(C)=O.Cc1ccc(N2CCOCC2)cc1CC(C)C(C)C.NC(=O)OCc1ccccc1. The highest BCUT2D eigenvalue weighted by atomic mass is 16.5. The minimum absolute atomic E-state index is 0.167. The van der Waals surface area contributed by atoms with E-state index in [0.29, 0.717) is 0 Å². The van der Waals surface area contributed by atoms with E-state index in [4.69, 9.17) is 10.5 Å². The lowest BCUT2D eigenvalue weighted by molar-refractivity contribution is -0.115. The Labute approximate surface area is 219 Å². The molecule has 6 nitrogen and oxygen atoms in total. The van der Waals surface area contributed by atoms with Gasteiger partial charge in [0.1, 0.15) is 12.4 Å². The van der Waals surface area contributed by atoms with Crippen molar-refractivity contribution < 1.29 is 19.1 Å². The second-order valence-corrected chi connectivity index (χ2v) is 9.14. The molecule has 2 aromatic carbocycles. The summed E-state index contributed by atoms with van der Waals surface area (Å²) >= 11 is 0. The molecule has 0 saturated carbocycles. The molecular weight excluding hydrogens is 452 g/mol. The second-order valence-electron chi connectivity index (χ2n) is 9.14. The van der Waals surface area contributed by atoms with Gasteiger partial charge in [-0.3, -0.25) is 0 Å². The zero-order chi connectivity index (χ0) is 27.5. The first-order chi connectivity index (χ1) is 17.1. The van der Waals surface area contributed by atoms with Crippen molar-refractivity contribution in [2.24, 2.45) is 17.6 Å². The summed E-state index contributed by atoms with van der Waals surface area (Å²) in [6, 6.07) is 16.3. The molecule has 1 heterocycles. The van der Waals surface area contributed by atoms with E-state index in [1.165, 1.54) is 37.1 Å². The smallest absolute Gasteiger partial charge is 0.404 e. The molecule has 1 saturated heterocycles. The van der Waals surface area contributed by atoms with Crippen molar-refractivity contribution in [1.82, 2.24) is 0 Å². The number of carbonyl (C=O) groups excluding carboxylic acids is 2. The number of anilines is 1. The molecule has 1 amide bonds. The molecule has 0 radical (unpaired) electrons. The Hall–Kier alpha value is -2.86. The minimum Gasteiger partial charge on any atom is -0.445 e. The van der Waals surface area contributed by atoms with Gasteiger partial charge in [0.05, 0.1) is 13.2 Å². The van der Waals surface area contributed by atoms with Gasteiger partial charge in [-0.05, 0) is 67.9 Å². The maximum atomic E-state index is 10.2. The Bertz CT molecular complexity index is 859. The summed E-state index contributed by atoms with van der Waals surface area (Å²) in [4.78, 5) is 22.1. The molecule has 2 N–H and O–H groups in total. The second kappa shape index (κ2) is 19.3. The summed E-state index contributed by atoms with van der Waals surface area (Å²) in [6.07, 6.45) is 0.440. The molecule has 0 spiro atoms. The number of hydrogen-bond acceptors (Lipinski definition) is 5. The van der Waals surface area contributed by atoms with Gasteiger partial charge in [0.25, 0.3) is 0 Å². The molecule has 202 valence electrons. The standard InChI is InChI=1S/C17H27NO.C8H9NO2.C3H6O.C2H6/c1-13(2)15(4)11-16-12-17(6-5-14(16)3)18-7-9-19-10-8-18;9-8(10)11-6-7-4-2-1-3-5-7;1-3(2)4;1-2/h5-6,12-13,15H,7-11H2,1-4H3;1-5H,6H2,(H2,9,10);1-2H3;1-2H3. The summed E-state index contributed by atoms with van der Waals surface area (Å²) in [6.45, 7) is 20.2. The van der Waals surface area contributed by atoms with Crippen molar-refractivity contribution in [1.29, 1.82) is 0 Å². The third-order valence-corrected chi connectivity index (χ3v) is 5.61. The van der Waals surface area contributed by atoms with Crippen molar-refractivity contribution in [3.8, 4) is 0 Å². The molecule has 3 rings (SSSR count).